The molecule has 8 nitrogen and oxygen atoms in total. The van der Waals surface area contributed by atoms with Crippen molar-refractivity contribution in [3.8, 4) is 0 Å². The maximum absolute atomic E-state index is 12.1. The van der Waals surface area contributed by atoms with Crippen LogP contribution in [0.1, 0.15) is 26.4 Å². The lowest BCUT2D eigenvalue weighted by molar-refractivity contribution is -0.0229. The molecule has 0 aliphatic carbocycles. The largest absolute Gasteiger partial charge is 0.445 e. The van der Waals surface area contributed by atoms with Crippen LogP contribution < -0.4 is 10.6 Å². The molecule has 0 fully saturated rings. The van der Waals surface area contributed by atoms with E-state index in [1.165, 1.54) is 12.1 Å². The molecule has 0 atom stereocenters. The number of nitrogens with one attached hydrogen (secondary N) is 2. The normalized spacial score (nSPS) is 10.2. The molecule has 0 saturated carbocycles. The second-order valence-electron chi connectivity index (χ2n) is 6.54. The fraction of sp³-hybridized carbons (Fsp3) is 0.174. The number of rotatable bonds is 9. The molecule has 0 saturated heterocycles. The van der Waals surface area contributed by atoms with Crippen LogP contribution >= 0.6 is 11.3 Å². The molecule has 0 spiro atoms. The van der Waals surface area contributed by atoms with Gasteiger partial charge < -0.3 is 19.5 Å². The molecule has 3 rings (SSSR count). The number of ether oxygens (including phenoxy) is 3. The predicted molar refractivity (Wildman–Crippen MR) is 118 cm³/mol. The van der Waals surface area contributed by atoms with E-state index in [1.54, 1.807) is 23.5 Å². The van der Waals surface area contributed by atoms with Crippen LogP contribution in [0.4, 0.5) is 9.59 Å². The first-order chi connectivity index (χ1) is 15.6. The van der Waals surface area contributed by atoms with Gasteiger partial charge in [0.1, 0.15) is 6.61 Å². The summed E-state index contributed by atoms with van der Waals surface area (Å²) in [6.07, 6.45) is -1.43. The van der Waals surface area contributed by atoms with Crippen molar-refractivity contribution in [3.05, 3.63) is 93.7 Å². The summed E-state index contributed by atoms with van der Waals surface area (Å²) in [7, 11) is 0. The van der Waals surface area contributed by atoms with Gasteiger partial charge in [0.05, 0.1) is 13.2 Å². The van der Waals surface area contributed by atoms with E-state index in [0.29, 0.717) is 12.1 Å². The summed E-state index contributed by atoms with van der Waals surface area (Å²) in [5.41, 5.74) is 1.90. The van der Waals surface area contributed by atoms with Gasteiger partial charge in [-0.25, -0.2) is 9.59 Å². The van der Waals surface area contributed by atoms with E-state index in [0.717, 1.165) is 10.4 Å². The van der Waals surface area contributed by atoms with Crippen LogP contribution in [0.5, 0.6) is 0 Å². The van der Waals surface area contributed by atoms with Gasteiger partial charge in [0.2, 0.25) is 0 Å². The molecule has 1 aromatic heterocycles. The Bertz CT molecular complexity index is 1010. The van der Waals surface area contributed by atoms with E-state index in [1.807, 2.05) is 47.8 Å². The maximum atomic E-state index is 12.1. The molecule has 166 valence electrons. The Balaban J connectivity index is 1.33. The van der Waals surface area contributed by atoms with Crippen molar-refractivity contribution in [2.45, 2.75) is 19.8 Å². The molecule has 3 amide bonds. The molecule has 0 unspecified atom stereocenters. The highest BCUT2D eigenvalue weighted by atomic mass is 32.1. The minimum atomic E-state index is -0.905. The summed E-state index contributed by atoms with van der Waals surface area (Å²) >= 11 is 1.54. The number of hydrogen-bond donors (Lipinski definition) is 2. The lowest BCUT2D eigenvalue weighted by atomic mass is 10.1. The molecule has 32 heavy (non-hydrogen) atoms. The molecule has 0 bridgehead atoms. The molecule has 3 aromatic rings. The number of imide groups is 1. The van der Waals surface area contributed by atoms with E-state index in [2.05, 4.69) is 10.6 Å². The molecule has 0 radical (unpaired) electrons. The number of benzene rings is 2. The number of carbonyl (C=O) groups is 3. The van der Waals surface area contributed by atoms with Crippen molar-refractivity contribution in [1.29, 1.82) is 0 Å². The molecule has 2 N–H and O–H groups in total. The minimum absolute atomic E-state index is 0.0545. The maximum Gasteiger partial charge on any atom is 0.416 e. The van der Waals surface area contributed by atoms with Crippen LogP contribution in [0.15, 0.2) is 72.1 Å². The molecule has 0 aliphatic rings. The lowest BCUT2D eigenvalue weighted by Gasteiger charge is -2.08. The molecule has 2 aromatic carbocycles. The third-order valence-corrected chi connectivity index (χ3v) is 5.05. The van der Waals surface area contributed by atoms with Crippen LogP contribution in [-0.4, -0.2) is 24.9 Å². The van der Waals surface area contributed by atoms with Gasteiger partial charge in [0.15, 0.2) is 6.79 Å². The number of alkyl carbamates (subject to hydrolysis) is 2. The van der Waals surface area contributed by atoms with Crippen LogP contribution in [0.2, 0.25) is 0 Å². The number of carbonyl (C=O) groups excluding carboxylic acids is 3. The van der Waals surface area contributed by atoms with E-state index >= 15 is 0 Å². The van der Waals surface area contributed by atoms with Crippen molar-refractivity contribution < 1.29 is 28.6 Å². The van der Waals surface area contributed by atoms with Gasteiger partial charge in [-0.15, -0.1) is 11.3 Å². The smallest absolute Gasteiger partial charge is 0.416 e. The van der Waals surface area contributed by atoms with Gasteiger partial charge in [-0.05, 0) is 34.7 Å². The Morgan fingerprint density at radius 3 is 2.25 bits per heavy atom. The monoisotopic (exact) mass is 454 g/mol. The van der Waals surface area contributed by atoms with Crippen molar-refractivity contribution in [2.24, 2.45) is 0 Å². The Labute approximate surface area is 189 Å². The summed E-state index contributed by atoms with van der Waals surface area (Å²) < 4.78 is 15.2. The topological polar surface area (TPSA) is 103 Å². The first kappa shape index (κ1) is 23.0. The van der Waals surface area contributed by atoms with E-state index in [4.69, 9.17) is 14.2 Å². The lowest BCUT2D eigenvalue weighted by Crippen LogP contribution is -2.31. The summed E-state index contributed by atoms with van der Waals surface area (Å²) in [4.78, 5) is 36.6. The third-order valence-electron chi connectivity index (χ3n) is 4.17. The highest BCUT2D eigenvalue weighted by Gasteiger charge is 2.12. The van der Waals surface area contributed by atoms with Gasteiger partial charge in [-0.3, -0.25) is 10.1 Å². The minimum Gasteiger partial charge on any atom is -0.445 e. The van der Waals surface area contributed by atoms with Gasteiger partial charge in [-0.1, -0.05) is 48.5 Å². The van der Waals surface area contributed by atoms with Crippen molar-refractivity contribution in [1.82, 2.24) is 10.6 Å². The number of thiophene rings is 1. The highest BCUT2D eigenvalue weighted by Crippen LogP contribution is 2.09. The van der Waals surface area contributed by atoms with Gasteiger partial charge >= 0.3 is 12.2 Å². The van der Waals surface area contributed by atoms with E-state index in [9.17, 15) is 14.4 Å². The zero-order valence-electron chi connectivity index (χ0n) is 17.1. The third kappa shape index (κ3) is 7.86. The average Bonchev–Trinajstić information content (AvgIpc) is 3.34. The molecule has 0 aliphatic heterocycles. The Morgan fingerprint density at radius 1 is 0.781 bits per heavy atom. The van der Waals surface area contributed by atoms with Gasteiger partial charge in [-0.2, -0.15) is 0 Å². The first-order valence-electron chi connectivity index (χ1n) is 9.72. The molecular formula is C23H22N2O6S. The SMILES string of the molecule is O=C(NCc1cccs1)OCc1ccc(C(=O)NC(=O)OCOCc2ccccc2)cc1. The zero-order chi connectivity index (χ0) is 22.6. The van der Waals surface area contributed by atoms with Crippen LogP contribution in [-0.2, 0) is 34.0 Å². The summed E-state index contributed by atoms with van der Waals surface area (Å²) in [5.74, 6) is -0.612. The Hall–Kier alpha value is -3.69. The summed E-state index contributed by atoms with van der Waals surface area (Å²) in [6.45, 7) is 0.471. The molecule has 9 heteroatoms. The van der Waals surface area contributed by atoms with E-state index in [-0.39, 0.29) is 25.6 Å². The van der Waals surface area contributed by atoms with Crippen LogP contribution in [0.25, 0.3) is 0 Å². The van der Waals surface area contributed by atoms with E-state index < -0.39 is 18.1 Å². The fourth-order valence-corrected chi connectivity index (χ4v) is 3.20. The summed E-state index contributed by atoms with van der Waals surface area (Å²) in [6, 6.07) is 19.6. The van der Waals surface area contributed by atoms with Crippen LogP contribution in [0.3, 0.4) is 0 Å². The average molecular weight is 455 g/mol. The second-order valence-corrected chi connectivity index (χ2v) is 7.58. The standard InChI is InChI=1S/C23H22N2O6S/c26-21(25-23(28)31-16-29-14-17-5-2-1-3-6-17)19-10-8-18(9-11-19)15-30-22(27)24-13-20-7-4-12-32-20/h1-12H,13-16H2,(H,24,27)(H,25,26,28). The Kier molecular flexibility index (Phi) is 8.79. The first-order valence-corrected chi connectivity index (χ1v) is 10.6. The van der Waals surface area contributed by atoms with Crippen molar-refractivity contribution >= 4 is 29.4 Å². The number of amides is 3. The molecule has 1 heterocycles. The van der Waals surface area contributed by atoms with Crippen LogP contribution in [0, 0.1) is 0 Å². The predicted octanol–water partition coefficient (Wildman–Crippen LogP) is 4.22. The fourth-order valence-electron chi connectivity index (χ4n) is 2.55. The molecular weight excluding hydrogens is 432 g/mol. The Morgan fingerprint density at radius 2 is 1.53 bits per heavy atom. The second kappa shape index (κ2) is 12.2. The van der Waals surface area contributed by atoms with Gasteiger partial charge in [0.25, 0.3) is 5.91 Å². The van der Waals surface area contributed by atoms with Crippen molar-refractivity contribution in [2.75, 3.05) is 6.79 Å². The zero-order valence-corrected chi connectivity index (χ0v) is 17.9. The summed E-state index contributed by atoms with van der Waals surface area (Å²) in [5, 5.41) is 6.71. The highest BCUT2D eigenvalue weighted by molar-refractivity contribution is 7.09. The quantitative estimate of drug-likeness (QED) is 0.371. The van der Waals surface area contributed by atoms with Crippen molar-refractivity contribution in [3.63, 3.8) is 0 Å². The van der Waals surface area contributed by atoms with Gasteiger partial charge in [0, 0.05) is 10.4 Å². The number of hydrogen-bond acceptors (Lipinski definition) is 7.